The van der Waals surface area contributed by atoms with Gasteiger partial charge in [-0.25, -0.2) is 0 Å². The van der Waals surface area contributed by atoms with Crippen LogP contribution in [0.15, 0.2) is 0 Å². The molecule has 0 spiro atoms. The summed E-state index contributed by atoms with van der Waals surface area (Å²) in [5.74, 6) is -3.59. The Kier molecular flexibility index (Phi) is 3.06. The van der Waals surface area contributed by atoms with Crippen molar-refractivity contribution in [1.82, 2.24) is 0 Å². The van der Waals surface area contributed by atoms with Crippen LogP contribution >= 0.6 is 0 Å². The molecule has 0 saturated carbocycles. The Hall–Kier alpha value is -1.59. The van der Waals surface area contributed by atoms with Crippen LogP contribution in [0.5, 0.6) is 0 Å². The Balaban J connectivity index is 2.43. The molecule has 6 heteroatoms. The summed E-state index contributed by atoms with van der Waals surface area (Å²) in [6.45, 7) is 1.15. The maximum Gasteiger partial charge on any atom is 0.320 e. The summed E-state index contributed by atoms with van der Waals surface area (Å²) in [4.78, 5) is 31.8. The molecule has 6 nitrogen and oxygen atoms in total. The molecule has 0 aliphatic carbocycles. The minimum absolute atomic E-state index is 0.0570. The zero-order valence-electron chi connectivity index (χ0n) is 7.56. The summed E-state index contributed by atoms with van der Waals surface area (Å²) in [6, 6.07) is 0. The van der Waals surface area contributed by atoms with Crippen LogP contribution in [0, 0.1) is 5.92 Å². The molecule has 1 rings (SSSR count). The average Bonchev–Trinajstić information content (AvgIpc) is 2.43. The van der Waals surface area contributed by atoms with Crippen LogP contribution in [0.3, 0.4) is 0 Å². The Morgan fingerprint density at radius 2 is 2.29 bits per heavy atom. The zero-order valence-corrected chi connectivity index (χ0v) is 7.56. The summed E-state index contributed by atoms with van der Waals surface area (Å²) in [5.41, 5.74) is 0. The monoisotopic (exact) mass is 202 g/mol. The normalized spacial score (nSPS) is 25.6. The summed E-state index contributed by atoms with van der Waals surface area (Å²) < 4.78 is 9.28. The van der Waals surface area contributed by atoms with E-state index in [1.54, 1.807) is 0 Å². The molecule has 0 radical (unpaired) electrons. The highest BCUT2D eigenvalue weighted by Gasteiger charge is 2.39. The van der Waals surface area contributed by atoms with Crippen LogP contribution in [-0.4, -0.2) is 35.7 Å². The molecule has 0 aromatic carbocycles. The largest absolute Gasteiger partial charge is 0.481 e. The summed E-state index contributed by atoms with van der Waals surface area (Å²) >= 11 is 0. The van der Waals surface area contributed by atoms with Gasteiger partial charge in [0.1, 0.15) is 12.7 Å². The van der Waals surface area contributed by atoms with Crippen LogP contribution in [-0.2, 0) is 23.9 Å². The number of rotatable bonds is 3. The number of carbonyl (C=O) groups is 3. The van der Waals surface area contributed by atoms with Crippen molar-refractivity contribution < 1.29 is 29.0 Å². The predicted molar refractivity (Wildman–Crippen MR) is 42.3 cm³/mol. The minimum Gasteiger partial charge on any atom is -0.481 e. The number of carboxylic acids is 1. The lowest BCUT2D eigenvalue weighted by atomic mass is 10.1. The van der Waals surface area contributed by atoms with Crippen LogP contribution in [0.25, 0.3) is 0 Å². The highest BCUT2D eigenvalue weighted by molar-refractivity contribution is 5.95. The van der Waals surface area contributed by atoms with Gasteiger partial charge in [-0.05, 0) is 0 Å². The molecule has 1 aliphatic rings. The molecule has 2 atom stereocenters. The van der Waals surface area contributed by atoms with Gasteiger partial charge in [-0.15, -0.1) is 0 Å². The fourth-order valence-corrected chi connectivity index (χ4v) is 1.17. The molecule has 1 heterocycles. The zero-order chi connectivity index (χ0) is 10.7. The third kappa shape index (κ3) is 2.45. The van der Waals surface area contributed by atoms with Gasteiger partial charge in [0.25, 0.3) is 0 Å². The SMILES string of the molecule is CC(=O)OC[C@@H]1CC(C(=O)O)C(=O)O1. The predicted octanol–water partition coefficient (Wildman–Crippen LogP) is -0.434. The van der Waals surface area contributed by atoms with Gasteiger partial charge < -0.3 is 14.6 Å². The molecule has 1 N–H and O–H groups in total. The first-order chi connectivity index (χ1) is 6.50. The average molecular weight is 202 g/mol. The van der Waals surface area contributed by atoms with Crippen molar-refractivity contribution in [3.63, 3.8) is 0 Å². The Morgan fingerprint density at radius 1 is 1.64 bits per heavy atom. The van der Waals surface area contributed by atoms with Gasteiger partial charge in [-0.3, -0.25) is 14.4 Å². The van der Waals surface area contributed by atoms with Crippen LogP contribution in [0.1, 0.15) is 13.3 Å². The standard InChI is InChI=1S/C8H10O6/c1-4(9)13-3-5-2-6(7(10)11)8(12)14-5/h5-6H,2-3H2,1H3,(H,10,11)/t5-,6?/m0/s1. The fraction of sp³-hybridized carbons (Fsp3) is 0.625. The first-order valence-corrected chi connectivity index (χ1v) is 4.07. The topological polar surface area (TPSA) is 89.9 Å². The number of carboxylic acid groups (broad SMARTS) is 1. The highest BCUT2D eigenvalue weighted by atomic mass is 16.6. The first-order valence-electron chi connectivity index (χ1n) is 4.07. The second-order valence-electron chi connectivity index (χ2n) is 2.99. The van der Waals surface area contributed by atoms with E-state index in [0.29, 0.717) is 0 Å². The number of hydrogen-bond donors (Lipinski definition) is 1. The maximum atomic E-state index is 10.9. The third-order valence-corrected chi connectivity index (χ3v) is 1.84. The third-order valence-electron chi connectivity index (χ3n) is 1.84. The molecule has 0 aromatic rings. The van der Waals surface area contributed by atoms with E-state index < -0.39 is 29.9 Å². The van der Waals surface area contributed by atoms with Gasteiger partial charge in [0, 0.05) is 13.3 Å². The molecule has 0 bridgehead atoms. The summed E-state index contributed by atoms with van der Waals surface area (Å²) in [7, 11) is 0. The molecular weight excluding hydrogens is 192 g/mol. The van der Waals surface area contributed by atoms with Crippen LogP contribution < -0.4 is 0 Å². The number of aliphatic carboxylic acids is 1. The van der Waals surface area contributed by atoms with E-state index in [4.69, 9.17) is 5.11 Å². The van der Waals surface area contributed by atoms with E-state index in [2.05, 4.69) is 9.47 Å². The van der Waals surface area contributed by atoms with Crippen molar-refractivity contribution >= 4 is 17.9 Å². The van der Waals surface area contributed by atoms with E-state index in [-0.39, 0.29) is 13.0 Å². The highest BCUT2D eigenvalue weighted by Crippen LogP contribution is 2.21. The fourth-order valence-electron chi connectivity index (χ4n) is 1.17. The van der Waals surface area contributed by atoms with E-state index in [9.17, 15) is 14.4 Å². The smallest absolute Gasteiger partial charge is 0.320 e. The van der Waals surface area contributed by atoms with Crippen molar-refractivity contribution in [2.45, 2.75) is 19.4 Å². The first kappa shape index (κ1) is 10.5. The Labute approximate surface area is 79.8 Å². The number of ether oxygens (including phenoxy) is 2. The van der Waals surface area contributed by atoms with Crippen LogP contribution in [0.4, 0.5) is 0 Å². The maximum absolute atomic E-state index is 10.9. The number of esters is 2. The van der Waals surface area contributed by atoms with Gasteiger partial charge in [-0.1, -0.05) is 0 Å². The summed E-state index contributed by atoms with van der Waals surface area (Å²) in [5, 5.41) is 8.57. The second kappa shape index (κ2) is 4.08. The van der Waals surface area contributed by atoms with Gasteiger partial charge in [0.05, 0.1) is 0 Å². The van der Waals surface area contributed by atoms with Gasteiger partial charge in [0.2, 0.25) is 0 Å². The number of carbonyl (C=O) groups excluding carboxylic acids is 2. The molecule has 14 heavy (non-hydrogen) atoms. The second-order valence-corrected chi connectivity index (χ2v) is 2.99. The molecular formula is C8H10O6. The lowest BCUT2D eigenvalue weighted by molar-refractivity contribution is -0.156. The molecule has 1 aliphatic heterocycles. The quantitative estimate of drug-likeness (QED) is 0.493. The van der Waals surface area contributed by atoms with Gasteiger partial charge in [-0.2, -0.15) is 0 Å². The van der Waals surface area contributed by atoms with Crippen molar-refractivity contribution in [2.24, 2.45) is 5.92 Å². The minimum atomic E-state index is -1.21. The van der Waals surface area contributed by atoms with E-state index in [1.165, 1.54) is 6.92 Å². The Morgan fingerprint density at radius 3 is 2.71 bits per heavy atom. The lowest BCUT2D eigenvalue weighted by Crippen LogP contribution is -2.18. The van der Waals surface area contributed by atoms with Crippen molar-refractivity contribution in [2.75, 3.05) is 6.61 Å². The summed E-state index contributed by atoms with van der Waals surface area (Å²) in [6.07, 6.45) is -0.575. The van der Waals surface area contributed by atoms with Gasteiger partial charge in [0.15, 0.2) is 5.92 Å². The van der Waals surface area contributed by atoms with Gasteiger partial charge >= 0.3 is 17.9 Å². The van der Waals surface area contributed by atoms with E-state index in [1.807, 2.05) is 0 Å². The molecule has 1 unspecified atom stereocenters. The lowest BCUT2D eigenvalue weighted by Gasteiger charge is -2.07. The van der Waals surface area contributed by atoms with E-state index in [0.717, 1.165) is 0 Å². The molecule has 0 aromatic heterocycles. The molecule has 1 fully saturated rings. The van der Waals surface area contributed by atoms with Crippen molar-refractivity contribution in [3.8, 4) is 0 Å². The number of cyclic esters (lactones) is 1. The van der Waals surface area contributed by atoms with Crippen LogP contribution in [0.2, 0.25) is 0 Å². The number of hydrogen-bond acceptors (Lipinski definition) is 5. The molecule has 0 amide bonds. The van der Waals surface area contributed by atoms with E-state index >= 15 is 0 Å². The van der Waals surface area contributed by atoms with Crippen molar-refractivity contribution in [3.05, 3.63) is 0 Å². The Bertz CT molecular complexity index is 271. The molecule has 78 valence electrons. The molecule has 1 saturated heterocycles. The van der Waals surface area contributed by atoms with Crippen molar-refractivity contribution in [1.29, 1.82) is 0 Å².